The van der Waals surface area contributed by atoms with Gasteiger partial charge in [-0.3, -0.25) is 0 Å². The molecule has 0 aliphatic heterocycles. The number of aliphatic hydroxyl groups is 1. The first-order valence-electron chi connectivity index (χ1n) is 7.49. The molecular weight excluding hydrogens is 212 g/mol. The molecule has 3 unspecified atom stereocenters. The third-order valence-corrected chi connectivity index (χ3v) is 3.51. The predicted molar refractivity (Wildman–Crippen MR) is 74.3 cm³/mol. The number of rotatable bonds is 11. The lowest BCUT2D eigenvalue weighted by Gasteiger charge is -2.24. The zero-order valence-electron chi connectivity index (χ0n) is 12.2. The summed E-state index contributed by atoms with van der Waals surface area (Å²) in [5.74, 6) is 0.665. The van der Waals surface area contributed by atoms with Crippen LogP contribution in [0.2, 0.25) is 0 Å². The van der Waals surface area contributed by atoms with Gasteiger partial charge in [0.05, 0.1) is 12.2 Å². The molecule has 0 radical (unpaired) electrons. The lowest BCUT2D eigenvalue weighted by Crippen LogP contribution is -2.30. The predicted octanol–water partition coefficient (Wildman–Crippen LogP) is 4.16. The molecule has 0 aromatic heterocycles. The summed E-state index contributed by atoms with van der Waals surface area (Å²) in [5, 5.41) is 9.95. The molecule has 3 atom stereocenters. The van der Waals surface area contributed by atoms with Crippen LogP contribution >= 0.6 is 0 Å². The van der Waals surface area contributed by atoms with E-state index in [1.54, 1.807) is 0 Å². The first kappa shape index (κ1) is 16.9. The Morgan fingerprint density at radius 2 is 1.65 bits per heavy atom. The van der Waals surface area contributed by atoms with E-state index < -0.39 is 0 Å². The molecule has 0 saturated carbocycles. The number of unbranched alkanes of at least 4 members (excludes halogenated alkanes) is 1. The standard InChI is InChI=1S/C15H32O2/c1-5-9-11-13(7-3)12-17-15(8-4)14(16)10-6-2/h13-16H,5-12H2,1-4H3. The summed E-state index contributed by atoms with van der Waals surface area (Å²) in [4.78, 5) is 0. The van der Waals surface area contributed by atoms with Gasteiger partial charge in [0.25, 0.3) is 0 Å². The Morgan fingerprint density at radius 3 is 2.12 bits per heavy atom. The molecule has 0 bridgehead atoms. The summed E-state index contributed by atoms with van der Waals surface area (Å²) in [7, 11) is 0. The van der Waals surface area contributed by atoms with Gasteiger partial charge < -0.3 is 9.84 Å². The van der Waals surface area contributed by atoms with Crippen LogP contribution < -0.4 is 0 Å². The van der Waals surface area contributed by atoms with Crippen molar-refractivity contribution < 1.29 is 9.84 Å². The lowest BCUT2D eigenvalue weighted by molar-refractivity contribution is -0.0551. The molecule has 0 heterocycles. The van der Waals surface area contributed by atoms with E-state index in [4.69, 9.17) is 4.74 Å². The number of aliphatic hydroxyl groups excluding tert-OH is 1. The van der Waals surface area contributed by atoms with E-state index in [1.807, 2.05) is 0 Å². The largest absolute Gasteiger partial charge is 0.390 e. The van der Waals surface area contributed by atoms with Gasteiger partial charge in [-0.1, -0.05) is 53.4 Å². The summed E-state index contributed by atoms with van der Waals surface area (Å²) in [5.41, 5.74) is 0. The Kier molecular flexibility index (Phi) is 11.0. The maximum Gasteiger partial charge on any atom is 0.0831 e. The molecule has 0 aromatic carbocycles. The molecule has 0 aromatic rings. The van der Waals surface area contributed by atoms with E-state index in [-0.39, 0.29) is 12.2 Å². The maximum atomic E-state index is 9.95. The molecule has 104 valence electrons. The second-order valence-electron chi connectivity index (χ2n) is 5.05. The average molecular weight is 244 g/mol. The van der Waals surface area contributed by atoms with Crippen molar-refractivity contribution in [2.24, 2.45) is 5.92 Å². The minimum absolute atomic E-state index is 0.0330. The molecular formula is C15H32O2. The fourth-order valence-electron chi connectivity index (χ4n) is 2.14. The van der Waals surface area contributed by atoms with Gasteiger partial charge in [-0.25, -0.2) is 0 Å². The molecule has 0 saturated heterocycles. The normalized spacial score (nSPS) is 16.8. The first-order valence-corrected chi connectivity index (χ1v) is 7.49. The van der Waals surface area contributed by atoms with Gasteiger partial charge in [-0.05, 0) is 25.2 Å². The Bertz CT molecular complexity index is 159. The molecule has 0 fully saturated rings. The summed E-state index contributed by atoms with van der Waals surface area (Å²) < 4.78 is 5.91. The quantitative estimate of drug-likeness (QED) is 0.591. The van der Waals surface area contributed by atoms with Crippen molar-refractivity contribution in [3.8, 4) is 0 Å². The number of hydrogen-bond acceptors (Lipinski definition) is 2. The van der Waals surface area contributed by atoms with Crippen LogP contribution in [0.1, 0.15) is 72.6 Å². The summed E-state index contributed by atoms with van der Waals surface area (Å²) >= 11 is 0. The van der Waals surface area contributed by atoms with Gasteiger partial charge in [0, 0.05) is 6.61 Å². The molecule has 17 heavy (non-hydrogen) atoms. The lowest BCUT2D eigenvalue weighted by atomic mass is 10.00. The van der Waals surface area contributed by atoms with Crippen molar-refractivity contribution in [2.45, 2.75) is 84.8 Å². The van der Waals surface area contributed by atoms with E-state index in [0.29, 0.717) is 5.92 Å². The van der Waals surface area contributed by atoms with Crippen LogP contribution in [0.4, 0.5) is 0 Å². The molecule has 1 N–H and O–H groups in total. The molecule has 0 rings (SSSR count). The minimum Gasteiger partial charge on any atom is -0.390 e. The molecule has 0 aliphatic carbocycles. The highest BCUT2D eigenvalue weighted by atomic mass is 16.5. The average Bonchev–Trinajstić information content (AvgIpc) is 2.34. The second kappa shape index (κ2) is 11.0. The fourth-order valence-corrected chi connectivity index (χ4v) is 2.14. The van der Waals surface area contributed by atoms with Crippen molar-refractivity contribution in [1.82, 2.24) is 0 Å². The van der Waals surface area contributed by atoms with Gasteiger partial charge in [0.15, 0.2) is 0 Å². The first-order chi connectivity index (χ1) is 8.19. The zero-order chi connectivity index (χ0) is 13.1. The third-order valence-electron chi connectivity index (χ3n) is 3.51. The number of ether oxygens (including phenoxy) is 1. The summed E-state index contributed by atoms with van der Waals surface area (Å²) in [6, 6.07) is 0. The minimum atomic E-state index is -0.284. The van der Waals surface area contributed by atoms with Crippen LogP contribution in [0.3, 0.4) is 0 Å². The molecule has 0 spiro atoms. The maximum absolute atomic E-state index is 9.95. The van der Waals surface area contributed by atoms with Crippen LogP contribution in [0, 0.1) is 5.92 Å². The van der Waals surface area contributed by atoms with E-state index in [0.717, 1.165) is 25.9 Å². The van der Waals surface area contributed by atoms with Crippen molar-refractivity contribution in [1.29, 1.82) is 0 Å². The van der Waals surface area contributed by atoms with Crippen molar-refractivity contribution >= 4 is 0 Å². The Hall–Kier alpha value is -0.0800. The van der Waals surface area contributed by atoms with Gasteiger partial charge in [0.1, 0.15) is 0 Å². The highest BCUT2D eigenvalue weighted by Gasteiger charge is 2.18. The second-order valence-corrected chi connectivity index (χ2v) is 5.05. The van der Waals surface area contributed by atoms with Crippen molar-refractivity contribution in [3.05, 3.63) is 0 Å². The Balaban J connectivity index is 3.93. The van der Waals surface area contributed by atoms with Gasteiger partial charge in [-0.15, -0.1) is 0 Å². The Morgan fingerprint density at radius 1 is 0.941 bits per heavy atom. The summed E-state index contributed by atoms with van der Waals surface area (Å²) in [6.45, 7) is 9.47. The van der Waals surface area contributed by atoms with E-state index >= 15 is 0 Å². The smallest absolute Gasteiger partial charge is 0.0831 e. The number of hydrogen-bond donors (Lipinski definition) is 1. The topological polar surface area (TPSA) is 29.5 Å². The molecule has 2 nitrogen and oxygen atoms in total. The van der Waals surface area contributed by atoms with Crippen LogP contribution in [0.15, 0.2) is 0 Å². The third kappa shape index (κ3) is 7.77. The molecule has 0 aliphatic rings. The molecule has 0 amide bonds. The van der Waals surface area contributed by atoms with Crippen LogP contribution in [-0.2, 0) is 4.74 Å². The zero-order valence-corrected chi connectivity index (χ0v) is 12.2. The van der Waals surface area contributed by atoms with Crippen LogP contribution in [0.5, 0.6) is 0 Å². The monoisotopic (exact) mass is 244 g/mol. The molecule has 2 heteroatoms. The van der Waals surface area contributed by atoms with E-state index in [2.05, 4.69) is 27.7 Å². The van der Waals surface area contributed by atoms with Crippen molar-refractivity contribution in [2.75, 3.05) is 6.61 Å². The van der Waals surface area contributed by atoms with Gasteiger partial charge in [-0.2, -0.15) is 0 Å². The summed E-state index contributed by atoms with van der Waals surface area (Å²) in [6.07, 6.45) is 7.51. The van der Waals surface area contributed by atoms with E-state index in [1.165, 1.54) is 25.7 Å². The van der Waals surface area contributed by atoms with Crippen molar-refractivity contribution in [3.63, 3.8) is 0 Å². The fraction of sp³-hybridized carbons (Fsp3) is 1.00. The van der Waals surface area contributed by atoms with Crippen LogP contribution in [0.25, 0.3) is 0 Å². The van der Waals surface area contributed by atoms with Gasteiger partial charge >= 0.3 is 0 Å². The highest BCUT2D eigenvalue weighted by molar-refractivity contribution is 4.68. The van der Waals surface area contributed by atoms with Gasteiger partial charge in [0.2, 0.25) is 0 Å². The van der Waals surface area contributed by atoms with E-state index in [9.17, 15) is 5.11 Å². The highest BCUT2D eigenvalue weighted by Crippen LogP contribution is 2.16. The Labute approximate surface area is 108 Å². The SMILES string of the molecule is CCCCC(CC)COC(CC)C(O)CCC. The van der Waals surface area contributed by atoms with Crippen LogP contribution in [-0.4, -0.2) is 23.9 Å².